The van der Waals surface area contributed by atoms with Crippen LogP contribution in [0.15, 0.2) is 59.7 Å². The number of amides is 1. The van der Waals surface area contributed by atoms with Crippen molar-refractivity contribution in [2.75, 3.05) is 32.8 Å². The molecule has 3 heterocycles. The van der Waals surface area contributed by atoms with Crippen LogP contribution in [0.3, 0.4) is 0 Å². The van der Waals surface area contributed by atoms with E-state index in [1.807, 2.05) is 43.3 Å². The summed E-state index contributed by atoms with van der Waals surface area (Å²) in [5.74, 6) is -0.403. The number of morpholine rings is 1. The molecule has 0 radical (unpaired) electrons. The van der Waals surface area contributed by atoms with E-state index in [1.54, 1.807) is 12.3 Å². The first-order valence-electron chi connectivity index (χ1n) is 10.3. The van der Waals surface area contributed by atoms with Crippen molar-refractivity contribution in [3.8, 4) is 0 Å². The van der Waals surface area contributed by atoms with Crippen molar-refractivity contribution in [2.24, 2.45) is 0 Å². The largest absolute Gasteiger partial charge is 0.379 e. The van der Waals surface area contributed by atoms with Crippen LogP contribution in [0.2, 0.25) is 0 Å². The number of pyridine rings is 1. The second kappa shape index (κ2) is 9.19. The molecule has 1 unspecified atom stereocenters. The number of aryl methyl sites for hydroxylation is 1. The van der Waals surface area contributed by atoms with Gasteiger partial charge >= 0.3 is 0 Å². The number of hydrogen-bond donors (Lipinski definition) is 1. The van der Waals surface area contributed by atoms with E-state index in [2.05, 4.69) is 15.2 Å². The van der Waals surface area contributed by atoms with Crippen molar-refractivity contribution in [3.05, 3.63) is 81.9 Å². The molecule has 30 heavy (non-hydrogen) atoms. The van der Waals surface area contributed by atoms with Gasteiger partial charge in [0.1, 0.15) is 11.2 Å². The van der Waals surface area contributed by atoms with Crippen LogP contribution >= 0.6 is 0 Å². The normalized spacial score (nSPS) is 15.8. The van der Waals surface area contributed by atoms with Crippen molar-refractivity contribution in [3.63, 3.8) is 0 Å². The standard InChI is InChI=1S/C23H26N4O3/c1-17-6-5-10-27-21(17)24-16-19(23(27)29)22(28)25-20(18-7-3-2-4-8-18)9-11-26-12-14-30-15-13-26/h2-8,10,16,20H,9,11-15H2,1H3,(H,25,28). The molecule has 3 aromatic rings. The van der Waals surface area contributed by atoms with Crippen molar-refractivity contribution < 1.29 is 9.53 Å². The summed E-state index contributed by atoms with van der Waals surface area (Å²) in [6, 6.07) is 13.3. The van der Waals surface area contributed by atoms with E-state index in [0.29, 0.717) is 5.65 Å². The monoisotopic (exact) mass is 406 g/mol. The van der Waals surface area contributed by atoms with Gasteiger partial charge < -0.3 is 10.1 Å². The van der Waals surface area contributed by atoms with Gasteiger partial charge in [-0.15, -0.1) is 0 Å². The smallest absolute Gasteiger partial charge is 0.270 e. The van der Waals surface area contributed by atoms with Crippen LogP contribution in [0.5, 0.6) is 0 Å². The molecular weight excluding hydrogens is 380 g/mol. The zero-order chi connectivity index (χ0) is 20.9. The van der Waals surface area contributed by atoms with E-state index in [0.717, 1.165) is 50.4 Å². The van der Waals surface area contributed by atoms with Gasteiger partial charge in [0, 0.05) is 32.0 Å². The average molecular weight is 406 g/mol. The van der Waals surface area contributed by atoms with Gasteiger partial charge in [0.2, 0.25) is 0 Å². The molecule has 0 saturated carbocycles. The fourth-order valence-electron chi connectivity index (χ4n) is 3.78. The van der Waals surface area contributed by atoms with Gasteiger partial charge in [0.25, 0.3) is 11.5 Å². The minimum Gasteiger partial charge on any atom is -0.379 e. The summed E-state index contributed by atoms with van der Waals surface area (Å²) in [7, 11) is 0. The number of fused-ring (bicyclic) bond motifs is 1. The molecule has 1 aromatic carbocycles. The lowest BCUT2D eigenvalue weighted by atomic mass is 10.0. The summed E-state index contributed by atoms with van der Waals surface area (Å²) in [6.07, 6.45) is 3.77. The zero-order valence-electron chi connectivity index (χ0n) is 17.1. The second-order valence-electron chi connectivity index (χ2n) is 7.54. The van der Waals surface area contributed by atoms with E-state index in [-0.39, 0.29) is 17.2 Å². The van der Waals surface area contributed by atoms with Gasteiger partial charge in [-0.2, -0.15) is 0 Å². The molecule has 1 amide bonds. The Morgan fingerprint density at radius 3 is 2.70 bits per heavy atom. The summed E-state index contributed by atoms with van der Waals surface area (Å²) in [5.41, 5.74) is 2.15. The molecule has 0 aliphatic carbocycles. The number of ether oxygens (including phenoxy) is 1. The Kier molecular flexibility index (Phi) is 6.21. The van der Waals surface area contributed by atoms with Crippen molar-refractivity contribution in [1.82, 2.24) is 19.6 Å². The first kappa shape index (κ1) is 20.3. The molecule has 156 valence electrons. The van der Waals surface area contributed by atoms with Crippen LogP contribution in [-0.2, 0) is 4.74 Å². The number of rotatable bonds is 6. The van der Waals surface area contributed by atoms with Gasteiger partial charge in [0.15, 0.2) is 0 Å². The highest BCUT2D eigenvalue weighted by Gasteiger charge is 2.21. The molecule has 7 nitrogen and oxygen atoms in total. The summed E-state index contributed by atoms with van der Waals surface area (Å²) >= 11 is 0. The van der Waals surface area contributed by atoms with Crippen LogP contribution in [-0.4, -0.2) is 53.0 Å². The van der Waals surface area contributed by atoms with Crippen molar-refractivity contribution >= 4 is 11.6 Å². The Bertz CT molecular complexity index is 1070. The number of nitrogens with zero attached hydrogens (tertiary/aromatic N) is 3. The molecule has 0 bridgehead atoms. The number of hydrogen-bond acceptors (Lipinski definition) is 5. The van der Waals surface area contributed by atoms with Gasteiger partial charge in [-0.25, -0.2) is 4.98 Å². The van der Waals surface area contributed by atoms with Gasteiger partial charge in [-0.05, 0) is 30.5 Å². The maximum absolute atomic E-state index is 13.0. The average Bonchev–Trinajstić information content (AvgIpc) is 2.78. The molecule has 1 N–H and O–H groups in total. The predicted octanol–water partition coefficient (Wildman–Crippen LogP) is 2.20. The summed E-state index contributed by atoms with van der Waals surface area (Å²) in [6.45, 7) is 5.99. The first-order chi connectivity index (χ1) is 14.6. The number of carbonyl (C=O) groups excluding carboxylic acids is 1. The Morgan fingerprint density at radius 2 is 1.93 bits per heavy atom. The van der Waals surface area contributed by atoms with E-state index in [4.69, 9.17) is 4.74 Å². The third-order valence-electron chi connectivity index (χ3n) is 5.52. The molecule has 0 spiro atoms. The Hall–Kier alpha value is -3.03. The lowest BCUT2D eigenvalue weighted by Crippen LogP contribution is -2.39. The maximum Gasteiger partial charge on any atom is 0.270 e. The molecule has 1 aliphatic heterocycles. The number of carbonyl (C=O) groups is 1. The molecule has 7 heteroatoms. The maximum atomic E-state index is 13.0. The molecule has 2 aromatic heterocycles. The Labute approximate surface area is 175 Å². The molecule has 1 aliphatic rings. The zero-order valence-corrected chi connectivity index (χ0v) is 17.1. The van der Waals surface area contributed by atoms with Gasteiger partial charge in [-0.3, -0.25) is 18.9 Å². The third kappa shape index (κ3) is 4.42. The van der Waals surface area contributed by atoms with Crippen LogP contribution < -0.4 is 10.9 Å². The number of nitrogens with one attached hydrogen (secondary N) is 1. The van der Waals surface area contributed by atoms with E-state index < -0.39 is 5.91 Å². The fourth-order valence-corrected chi connectivity index (χ4v) is 3.78. The number of aromatic nitrogens is 2. The van der Waals surface area contributed by atoms with Gasteiger partial charge in [-0.1, -0.05) is 36.4 Å². The molecule has 1 atom stereocenters. The predicted molar refractivity (Wildman–Crippen MR) is 115 cm³/mol. The van der Waals surface area contributed by atoms with Gasteiger partial charge in [0.05, 0.1) is 19.3 Å². The van der Waals surface area contributed by atoms with Crippen molar-refractivity contribution in [2.45, 2.75) is 19.4 Å². The topological polar surface area (TPSA) is 75.9 Å². The van der Waals surface area contributed by atoms with Crippen LogP contribution in [0, 0.1) is 6.92 Å². The fraction of sp³-hybridized carbons (Fsp3) is 0.348. The van der Waals surface area contributed by atoms with E-state index in [9.17, 15) is 9.59 Å². The van der Waals surface area contributed by atoms with E-state index >= 15 is 0 Å². The molecular formula is C23H26N4O3. The summed E-state index contributed by atoms with van der Waals surface area (Å²) in [4.78, 5) is 32.6. The first-order valence-corrected chi connectivity index (χ1v) is 10.3. The number of benzene rings is 1. The Morgan fingerprint density at radius 1 is 1.17 bits per heavy atom. The lowest BCUT2D eigenvalue weighted by Gasteiger charge is -2.28. The highest BCUT2D eigenvalue weighted by atomic mass is 16.5. The molecule has 4 rings (SSSR count). The SMILES string of the molecule is Cc1cccn2c(=O)c(C(=O)NC(CCN3CCOCC3)c3ccccc3)cnc12. The van der Waals surface area contributed by atoms with Crippen molar-refractivity contribution in [1.29, 1.82) is 0 Å². The molecule has 1 saturated heterocycles. The minimum absolute atomic E-state index is 0.0467. The highest BCUT2D eigenvalue weighted by Crippen LogP contribution is 2.18. The highest BCUT2D eigenvalue weighted by molar-refractivity contribution is 5.94. The summed E-state index contributed by atoms with van der Waals surface area (Å²) < 4.78 is 6.84. The third-order valence-corrected chi connectivity index (χ3v) is 5.52. The molecule has 1 fully saturated rings. The second-order valence-corrected chi connectivity index (χ2v) is 7.54. The quantitative estimate of drug-likeness (QED) is 0.679. The minimum atomic E-state index is -0.403. The van der Waals surface area contributed by atoms with Crippen LogP contribution in [0.25, 0.3) is 5.65 Å². The Balaban J connectivity index is 1.56. The lowest BCUT2D eigenvalue weighted by molar-refractivity contribution is 0.0360. The van der Waals surface area contributed by atoms with E-state index in [1.165, 1.54) is 10.6 Å². The van der Waals surface area contributed by atoms with Crippen LogP contribution in [0.4, 0.5) is 0 Å². The van der Waals surface area contributed by atoms with Crippen LogP contribution in [0.1, 0.15) is 33.9 Å². The summed E-state index contributed by atoms with van der Waals surface area (Å²) in [5, 5.41) is 3.06.